The molecule has 2 saturated heterocycles. The van der Waals surface area contributed by atoms with E-state index in [4.69, 9.17) is 18.9 Å². The van der Waals surface area contributed by atoms with Crippen molar-refractivity contribution >= 4 is 0 Å². The topological polar surface area (TPSA) is 43.5 Å². The van der Waals surface area contributed by atoms with Gasteiger partial charge < -0.3 is 18.9 Å². The van der Waals surface area contributed by atoms with Crippen LogP contribution in [-0.4, -0.2) is 50.3 Å². The first-order valence-corrected chi connectivity index (χ1v) is 7.40. The highest BCUT2D eigenvalue weighted by molar-refractivity contribution is 5.16. The largest absolute Gasteiger partial charge is 0.375 e. The maximum Gasteiger partial charge on any atom is 0.104 e. The molecule has 3 aliphatic carbocycles. The molecule has 5 aliphatic rings. The Morgan fingerprint density at radius 1 is 0.944 bits per heavy atom. The smallest absolute Gasteiger partial charge is 0.104 e. The summed E-state index contributed by atoms with van der Waals surface area (Å²) in [5.41, 5.74) is 0. The molecule has 5 rings (SSSR count). The van der Waals surface area contributed by atoms with E-state index in [1.807, 2.05) is 0 Å². The molecule has 0 N–H and O–H groups in total. The van der Waals surface area contributed by atoms with E-state index in [-0.39, 0.29) is 12.2 Å². The molecule has 0 aromatic heterocycles. The van der Waals surface area contributed by atoms with Crippen molar-refractivity contribution < 1.29 is 18.9 Å². The molecular formula is C14H20O4. The van der Waals surface area contributed by atoms with E-state index >= 15 is 0 Å². The zero-order chi connectivity index (χ0) is 11.7. The van der Waals surface area contributed by atoms with Gasteiger partial charge in [0, 0.05) is 18.4 Å². The van der Waals surface area contributed by atoms with Crippen molar-refractivity contribution in [3.8, 4) is 0 Å². The molecule has 7 unspecified atom stereocenters. The van der Waals surface area contributed by atoms with Crippen LogP contribution in [0.4, 0.5) is 0 Å². The Morgan fingerprint density at radius 3 is 2.22 bits per heavy atom. The summed E-state index contributed by atoms with van der Waals surface area (Å²) in [6.45, 7) is 2.55. The Kier molecular flexibility index (Phi) is 2.17. The van der Waals surface area contributed by atoms with Gasteiger partial charge in [-0.1, -0.05) is 0 Å². The molecular weight excluding hydrogens is 232 g/mol. The number of hydrogen-bond donors (Lipinski definition) is 0. The van der Waals surface area contributed by atoms with Crippen LogP contribution in [0.1, 0.15) is 19.3 Å². The minimum Gasteiger partial charge on any atom is -0.375 e. The Hall–Kier alpha value is -0.160. The number of ether oxygens (including phenoxy) is 4. The number of rotatable bonds is 6. The van der Waals surface area contributed by atoms with Crippen molar-refractivity contribution in [1.29, 1.82) is 0 Å². The van der Waals surface area contributed by atoms with E-state index < -0.39 is 0 Å². The molecule has 0 aromatic carbocycles. The maximum atomic E-state index is 6.18. The Labute approximate surface area is 107 Å². The first-order chi connectivity index (χ1) is 8.90. The van der Waals surface area contributed by atoms with Crippen LogP contribution in [0.5, 0.6) is 0 Å². The summed E-state index contributed by atoms with van der Waals surface area (Å²) in [5.74, 6) is 2.01. The van der Waals surface area contributed by atoms with E-state index in [0.29, 0.717) is 30.1 Å². The van der Waals surface area contributed by atoms with Gasteiger partial charge in [0.15, 0.2) is 0 Å². The number of hydrogen-bond acceptors (Lipinski definition) is 4. The quantitative estimate of drug-likeness (QED) is 0.661. The molecule has 2 bridgehead atoms. The van der Waals surface area contributed by atoms with E-state index in [1.165, 1.54) is 19.3 Å². The second-order valence-electron chi connectivity index (χ2n) is 6.62. The minimum absolute atomic E-state index is 0.265. The highest BCUT2D eigenvalue weighted by Gasteiger charge is 2.68. The molecule has 5 fully saturated rings. The van der Waals surface area contributed by atoms with Crippen LogP contribution in [0.2, 0.25) is 0 Å². The molecule has 3 saturated carbocycles. The van der Waals surface area contributed by atoms with Crippen molar-refractivity contribution in [2.75, 3.05) is 19.8 Å². The van der Waals surface area contributed by atoms with Crippen LogP contribution in [0.15, 0.2) is 0 Å². The molecule has 100 valence electrons. The average Bonchev–Trinajstić information content (AvgIpc) is 3.25. The second kappa shape index (κ2) is 3.69. The fourth-order valence-corrected chi connectivity index (χ4v) is 3.89. The third kappa shape index (κ3) is 1.66. The lowest BCUT2D eigenvalue weighted by Gasteiger charge is -2.29. The third-order valence-corrected chi connectivity index (χ3v) is 5.22. The Balaban J connectivity index is 1.26. The van der Waals surface area contributed by atoms with E-state index in [1.54, 1.807) is 0 Å². The summed E-state index contributed by atoms with van der Waals surface area (Å²) in [6.07, 6.45) is 5.84. The van der Waals surface area contributed by atoms with Crippen molar-refractivity contribution in [1.82, 2.24) is 0 Å². The van der Waals surface area contributed by atoms with Gasteiger partial charge in [0.05, 0.1) is 37.6 Å². The van der Waals surface area contributed by atoms with E-state index in [0.717, 1.165) is 25.7 Å². The lowest BCUT2D eigenvalue weighted by molar-refractivity contribution is -0.0962. The van der Waals surface area contributed by atoms with Crippen LogP contribution in [0.3, 0.4) is 0 Å². The monoisotopic (exact) mass is 252 g/mol. The van der Waals surface area contributed by atoms with Crippen molar-refractivity contribution in [3.05, 3.63) is 0 Å². The molecule has 7 atom stereocenters. The summed E-state index contributed by atoms with van der Waals surface area (Å²) in [6, 6.07) is 0. The first-order valence-electron chi connectivity index (χ1n) is 7.40. The van der Waals surface area contributed by atoms with Crippen LogP contribution in [0.25, 0.3) is 0 Å². The predicted molar refractivity (Wildman–Crippen MR) is 62.2 cm³/mol. The van der Waals surface area contributed by atoms with Gasteiger partial charge >= 0.3 is 0 Å². The van der Waals surface area contributed by atoms with Gasteiger partial charge in [-0.3, -0.25) is 0 Å². The normalized spacial score (nSPS) is 55.7. The Bertz CT molecular complexity index is 320. The summed E-state index contributed by atoms with van der Waals surface area (Å²) in [4.78, 5) is 0. The maximum absolute atomic E-state index is 6.18. The van der Waals surface area contributed by atoms with Crippen LogP contribution in [-0.2, 0) is 18.9 Å². The lowest BCUT2D eigenvalue weighted by atomic mass is 9.94. The molecule has 0 radical (unpaired) electrons. The Morgan fingerprint density at radius 2 is 1.61 bits per heavy atom. The van der Waals surface area contributed by atoms with Gasteiger partial charge in [-0.2, -0.15) is 0 Å². The van der Waals surface area contributed by atoms with Crippen molar-refractivity contribution in [3.63, 3.8) is 0 Å². The zero-order valence-corrected chi connectivity index (χ0v) is 10.5. The fraction of sp³-hybridized carbons (Fsp3) is 1.00. The molecule has 2 aliphatic heterocycles. The van der Waals surface area contributed by atoms with Crippen LogP contribution >= 0.6 is 0 Å². The molecule has 0 aromatic rings. The lowest BCUT2D eigenvalue weighted by Crippen LogP contribution is -2.41. The van der Waals surface area contributed by atoms with Gasteiger partial charge in [0.2, 0.25) is 0 Å². The van der Waals surface area contributed by atoms with Crippen LogP contribution < -0.4 is 0 Å². The van der Waals surface area contributed by atoms with Crippen LogP contribution in [0, 0.1) is 17.8 Å². The fourth-order valence-electron chi connectivity index (χ4n) is 3.89. The average molecular weight is 252 g/mol. The summed E-state index contributed by atoms with van der Waals surface area (Å²) in [5, 5.41) is 0. The van der Waals surface area contributed by atoms with Gasteiger partial charge in [0.25, 0.3) is 0 Å². The number of epoxide rings is 2. The highest BCUT2D eigenvalue weighted by Crippen LogP contribution is 2.58. The van der Waals surface area contributed by atoms with Gasteiger partial charge in [-0.15, -0.1) is 0 Å². The predicted octanol–water partition coefficient (Wildman–Crippen LogP) is 0.983. The molecule has 18 heavy (non-hydrogen) atoms. The van der Waals surface area contributed by atoms with Gasteiger partial charge in [0.1, 0.15) is 6.10 Å². The van der Waals surface area contributed by atoms with E-state index in [2.05, 4.69) is 0 Å². The van der Waals surface area contributed by atoms with E-state index in [9.17, 15) is 0 Å². The first kappa shape index (κ1) is 10.6. The van der Waals surface area contributed by atoms with Gasteiger partial charge in [-0.25, -0.2) is 0 Å². The molecule has 4 nitrogen and oxygen atoms in total. The summed E-state index contributed by atoms with van der Waals surface area (Å²) in [7, 11) is 0. The highest BCUT2D eigenvalue weighted by atomic mass is 16.6. The molecule has 0 amide bonds. The second-order valence-corrected chi connectivity index (χ2v) is 6.62. The summed E-state index contributed by atoms with van der Waals surface area (Å²) >= 11 is 0. The van der Waals surface area contributed by atoms with Crippen molar-refractivity contribution in [2.24, 2.45) is 17.8 Å². The van der Waals surface area contributed by atoms with Crippen molar-refractivity contribution in [2.45, 2.75) is 49.8 Å². The third-order valence-electron chi connectivity index (χ3n) is 5.22. The molecule has 0 spiro atoms. The minimum atomic E-state index is 0.265. The van der Waals surface area contributed by atoms with Gasteiger partial charge in [-0.05, 0) is 25.2 Å². The summed E-state index contributed by atoms with van der Waals surface area (Å²) < 4.78 is 23.3. The zero-order valence-electron chi connectivity index (χ0n) is 10.5. The SMILES string of the molecule is C1CC1COC1C2CC(C1OCC1CO1)C1OC21. The molecule has 4 heteroatoms. The standard InChI is InChI=1S/C14H20O4/c1-2-7(1)4-16-11-9-3-10(14-13(9)18-14)12(11)17-6-8-5-15-8/h7-14H,1-6H2. The molecule has 2 heterocycles. The number of fused-ring (bicyclic) bond motifs is 5.